The Hall–Kier alpha value is -2.64. The van der Waals surface area contributed by atoms with Gasteiger partial charge in [0.25, 0.3) is 0 Å². The summed E-state index contributed by atoms with van der Waals surface area (Å²) in [6.45, 7) is 5.74. The number of carbonyl (C=O) groups is 2. The molecule has 0 saturated carbocycles. The van der Waals surface area contributed by atoms with Crippen LogP contribution in [0.1, 0.15) is 297 Å². The first-order chi connectivity index (χ1) is 38.7. The molecule has 11 nitrogen and oxygen atoms in total. The zero-order valence-electron chi connectivity index (χ0n) is 51.0. The number of aliphatic hydroxyl groups is 5. The van der Waals surface area contributed by atoms with Crippen LogP contribution < -0.4 is 5.32 Å². The van der Waals surface area contributed by atoms with Crippen LogP contribution in [0.4, 0.5) is 0 Å². The number of amides is 1. The Balaban J connectivity index is 2.62. The van der Waals surface area contributed by atoms with Crippen molar-refractivity contribution in [3.63, 3.8) is 0 Å². The van der Waals surface area contributed by atoms with E-state index in [1.165, 1.54) is 193 Å². The second-order valence-corrected chi connectivity index (χ2v) is 22.8. The lowest BCUT2D eigenvalue weighted by Crippen LogP contribution is -2.61. The second-order valence-electron chi connectivity index (χ2n) is 22.8. The maximum atomic E-state index is 13.5. The smallest absolute Gasteiger partial charge is 0.306 e. The molecule has 1 aliphatic rings. The minimum Gasteiger partial charge on any atom is -0.454 e. The summed E-state index contributed by atoms with van der Waals surface area (Å²) in [5.41, 5.74) is 0. The van der Waals surface area contributed by atoms with Crippen molar-refractivity contribution in [3.05, 3.63) is 60.8 Å². The Kier molecular flexibility index (Phi) is 52.6. The number of nitrogens with one attached hydrogen (secondary N) is 1. The Bertz CT molecular complexity index is 1510. The molecule has 0 aromatic heterocycles. The van der Waals surface area contributed by atoms with Crippen LogP contribution in [0, 0.1) is 0 Å². The molecule has 1 fully saturated rings. The van der Waals surface area contributed by atoms with Crippen molar-refractivity contribution in [2.45, 2.75) is 346 Å². The number of aliphatic hydroxyl groups excluding tert-OH is 5. The molecular formula is C68H123NO10. The molecule has 0 bridgehead atoms. The molecule has 8 unspecified atom stereocenters. The van der Waals surface area contributed by atoms with E-state index in [2.05, 4.69) is 62.5 Å². The number of hydrogen-bond acceptors (Lipinski definition) is 10. The van der Waals surface area contributed by atoms with Crippen LogP contribution >= 0.6 is 0 Å². The van der Waals surface area contributed by atoms with Gasteiger partial charge in [0.15, 0.2) is 12.4 Å². The number of esters is 1. The molecule has 460 valence electrons. The average Bonchev–Trinajstić information content (AvgIpc) is 3.48. The summed E-state index contributed by atoms with van der Waals surface area (Å²) >= 11 is 0. The third-order valence-electron chi connectivity index (χ3n) is 15.4. The van der Waals surface area contributed by atoms with Gasteiger partial charge in [-0.05, 0) is 77.0 Å². The Morgan fingerprint density at radius 2 is 0.873 bits per heavy atom. The van der Waals surface area contributed by atoms with Gasteiger partial charge in [0.1, 0.15) is 24.4 Å². The third-order valence-corrected chi connectivity index (χ3v) is 15.4. The van der Waals surface area contributed by atoms with E-state index in [0.717, 1.165) is 57.8 Å². The van der Waals surface area contributed by atoms with Crippen LogP contribution in [0.3, 0.4) is 0 Å². The molecule has 79 heavy (non-hydrogen) atoms. The molecule has 1 heterocycles. The molecule has 0 aromatic rings. The fourth-order valence-corrected chi connectivity index (χ4v) is 10.1. The quantitative estimate of drug-likeness (QED) is 0.0195. The van der Waals surface area contributed by atoms with Crippen molar-refractivity contribution in [1.29, 1.82) is 0 Å². The van der Waals surface area contributed by atoms with Gasteiger partial charge in [-0.25, -0.2) is 0 Å². The largest absolute Gasteiger partial charge is 0.454 e. The van der Waals surface area contributed by atoms with Crippen molar-refractivity contribution in [2.24, 2.45) is 0 Å². The van der Waals surface area contributed by atoms with E-state index in [1.54, 1.807) is 6.08 Å². The SMILES string of the molecule is CCCCC/C=C\C/C=C\CCCCCCCCCCCCCCCCC(O)C(=O)NC(COC1OC(CO)C(O)C(O)C1OC(=O)CC/C=C/C/C=C\CCCCCCCC)C(O)/C=C/CCCCCCCCCCCCC. The zero-order valence-corrected chi connectivity index (χ0v) is 51.0. The second kappa shape index (κ2) is 55.9. The van der Waals surface area contributed by atoms with E-state index < -0.39 is 67.4 Å². The van der Waals surface area contributed by atoms with Crippen molar-refractivity contribution >= 4 is 11.9 Å². The Morgan fingerprint density at radius 1 is 0.494 bits per heavy atom. The number of rotatable bonds is 56. The van der Waals surface area contributed by atoms with Gasteiger partial charge in [-0.1, -0.05) is 274 Å². The summed E-state index contributed by atoms with van der Waals surface area (Å²) < 4.78 is 17.6. The van der Waals surface area contributed by atoms with E-state index in [1.807, 2.05) is 18.2 Å². The van der Waals surface area contributed by atoms with Crippen LogP contribution in [-0.4, -0.2) is 99.6 Å². The summed E-state index contributed by atoms with van der Waals surface area (Å²) in [6.07, 6.45) is 60.0. The molecular weight excluding hydrogens is 991 g/mol. The van der Waals surface area contributed by atoms with Crippen molar-refractivity contribution in [1.82, 2.24) is 5.32 Å². The predicted octanol–water partition coefficient (Wildman–Crippen LogP) is 16.2. The van der Waals surface area contributed by atoms with Crippen molar-refractivity contribution in [2.75, 3.05) is 13.2 Å². The predicted molar refractivity (Wildman–Crippen MR) is 329 cm³/mol. The van der Waals surface area contributed by atoms with Gasteiger partial charge in [-0.15, -0.1) is 0 Å². The average molecular weight is 1110 g/mol. The third kappa shape index (κ3) is 43.7. The van der Waals surface area contributed by atoms with Gasteiger partial charge in [-0.2, -0.15) is 0 Å². The van der Waals surface area contributed by atoms with Crippen molar-refractivity contribution < 1.29 is 49.3 Å². The molecule has 0 spiro atoms. The van der Waals surface area contributed by atoms with Gasteiger partial charge in [0.2, 0.25) is 5.91 Å². The van der Waals surface area contributed by atoms with Gasteiger partial charge >= 0.3 is 5.97 Å². The monoisotopic (exact) mass is 1110 g/mol. The lowest BCUT2D eigenvalue weighted by Gasteiger charge is -2.41. The number of carbonyl (C=O) groups excluding carboxylic acids is 2. The van der Waals surface area contributed by atoms with Crippen LogP contribution in [-0.2, 0) is 23.8 Å². The van der Waals surface area contributed by atoms with Crippen LogP contribution in [0.15, 0.2) is 60.8 Å². The molecule has 1 amide bonds. The molecule has 11 heteroatoms. The standard InChI is InChI=1S/C68H123NO10/c1-4-7-10-13-16-19-22-25-26-27-28-29-30-31-32-33-34-35-38-40-43-46-49-52-55-61(72)67(76)69-59(60(71)54-51-48-45-42-39-36-23-20-17-14-11-8-5-2)58-77-68-66(65(75)64(74)62(57-70)78-68)79-63(73)56-53-50-47-44-41-37-24-21-18-15-12-9-6-3/h16,19,25-26,37,41,47,50-51,54,59-62,64-66,68,70-72,74-75H,4-15,17-18,20-24,27-36,38-40,42-46,48-49,52-53,55-58H2,1-3H3,(H,69,76)/b19-16-,26-25-,41-37-,50-47+,54-51+. The Morgan fingerprint density at radius 3 is 1.32 bits per heavy atom. The molecule has 1 saturated heterocycles. The van der Waals surface area contributed by atoms with E-state index >= 15 is 0 Å². The summed E-state index contributed by atoms with van der Waals surface area (Å²) in [7, 11) is 0. The first kappa shape index (κ1) is 74.4. The molecule has 1 rings (SSSR count). The molecule has 6 N–H and O–H groups in total. The lowest BCUT2D eigenvalue weighted by atomic mass is 9.99. The first-order valence-corrected chi connectivity index (χ1v) is 33.1. The van der Waals surface area contributed by atoms with Gasteiger partial charge in [-0.3, -0.25) is 9.59 Å². The molecule has 0 aliphatic carbocycles. The molecule has 1 aliphatic heterocycles. The number of allylic oxidation sites excluding steroid dienone is 9. The van der Waals surface area contributed by atoms with Gasteiger partial charge in [0, 0.05) is 6.42 Å². The summed E-state index contributed by atoms with van der Waals surface area (Å²) in [4.78, 5) is 26.5. The fraction of sp³-hybridized carbons (Fsp3) is 0.824. The fourth-order valence-electron chi connectivity index (χ4n) is 10.1. The van der Waals surface area contributed by atoms with Crippen LogP contribution in [0.25, 0.3) is 0 Å². The summed E-state index contributed by atoms with van der Waals surface area (Å²) in [5, 5.41) is 57.0. The summed E-state index contributed by atoms with van der Waals surface area (Å²) in [6, 6.07) is -1.03. The van der Waals surface area contributed by atoms with E-state index in [-0.39, 0.29) is 19.4 Å². The summed E-state index contributed by atoms with van der Waals surface area (Å²) in [5.74, 6) is -1.26. The number of unbranched alkanes of at least 4 members (excludes halogenated alkanes) is 34. The van der Waals surface area contributed by atoms with Crippen LogP contribution in [0.5, 0.6) is 0 Å². The minimum absolute atomic E-state index is 0.0179. The molecule has 0 radical (unpaired) electrons. The highest BCUT2D eigenvalue weighted by molar-refractivity contribution is 5.80. The minimum atomic E-state index is -1.64. The highest BCUT2D eigenvalue weighted by Gasteiger charge is 2.47. The highest BCUT2D eigenvalue weighted by atomic mass is 16.7. The zero-order chi connectivity index (χ0) is 57.5. The molecule has 8 atom stereocenters. The maximum Gasteiger partial charge on any atom is 0.306 e. The van der Waals surface area contributed by atoms with E-state index in [4.69, 9.17) is 14.2 Å². The van der Waals surface area contributed by atoms with E-state index in [0.29, 0.717) is 12.8 Å². The highest BCUT2D eigenvalue weighted by Crippen LogP contribution is 2.26. The van der Waals surface area contributed by atoms with Crippen molar-refractivity contribution in [3.8, 4) is 0 Å². The molecule has 0 aromatic carbocycles. The topological polar surface area (TPSA) is 175 Å². The lowest BCUT2D eigenvalue weighted by molar-refractivity contribution is -0.305. The van der Waals surface area contributed by atoms with Crippen LogP contribution in [0.2, 0.25) is 0 Å². The normalized spacial score (nSPS) is 19.2. The first-order valence-electron chi connectivity index (χ1n) is 33.1. The Labute approximate surface area is 484 Å². The van der Waals surface area contributed by atoms with Gasteiger partial charge < -0.3 is 45.1 Å². The maximum absolute atomic E-state index is 13.5. The van der Waals surface area contributed by atoms with Gasteiger partial charge in [0.05, 0.1) is 25.4 Å². The van der Waals surface area contributed by atoms with E-state index in [9.17, 15) is 35.1 Å². The number of ether oxygens (including phenoxy) is 3. The number of hydrogen-bond donors (Lipinski definition) is 6.